The summed E-state index contributed by atoms with van der Waals surface area (Å²) in [5.74, 6) is -2.30. The van der Waals surface area contributed by atoms with Gasteiger partial charge in [-0.25, -0.2) is 8.78 Å². The Morgan fingerprint density at radius 1 is 1.40 bits per heavy atom. The lowest BCUT2D eigenvalue weighted by atomic mass is 10.0. The van der Waals surface area contributed by atoms with Gasteiger partial charge in [-0.1, -0.05) is 13.0 Å². The first-order valence-corrected chi connectivity index (χ1v) is 4.59. The van der Waals surface area contributed by atoms with Crippen molar-refractivity contribution < 1.29 is 18.3 Å². The van der Waals surface area contributed by atoms with Gasteiger partial charge in [0.15, 0.2) is 11.6 Å². The molecule has 1 aromatic carbocycles. The van der Waals surface area contributed by atoms with E-state index in [2.05, 4.69) is 0 Å². The van der Waals surface area contributed by atoms with Crippen LogP contribution in [0, 0.1) is 11.6 Å². The van der Waals surface area contributed by atoms with Gasteiger partial charge in [0, 0.05) is 12.8 Å². The summed E-state index contributed by atoms with van der Waals surface area (Å²) in [7, 11) is 0. The van der Waals surface area contributed by atoms with E-state index in [-0.39, 0.29) is 18.5 Å². The molecule has 0 saturated carbocycles. The fraction of sp³-hybridized carbons (Fsp3) is 0.364. The Labute approximate surface area is 86.9 Å². The molecule has 0 heterocycles. The highest BCUT2D eigenvalue weighted by atomic mass is 19.2. The minimum atomic E-state index is -0.887. The van der Waals surface area contributed by atoms with E-state index < -0.39 is 11.6 Å². The number of halogens is 2. The van der Waals surface area contributed by atoms with Crippen LogP contribution in [0.3, 0.4) is 0 Å². The van der Waals surface area contributed by atoms with Crippen LogP contribution in [0.2, 0.25) is 0 Å². The third-order valence-corrected chi connectivity index (χ3v) is 2.05. The van der Waals surface area contributed by atoms with Gasteiger partial charge in [0.25, 0.3) is 0 Å². The number of carbonyl (C=O) groups excluding carboxylic acids is 1. The van der Waals surface area contributed by atoms with E-state index in [0.29, 0.717) is 5.56 Å². The summed E-state index contributed by atoms with van der Waals surface area (Å²) >= 11 is 0. The maximum Gasteiger partial charge on any atom is 0.302 e. The molecule has 0 saturated heterocycles. The zero-order chi connectivity index (χ0) is 11.4. The first kappa shape index (κ1) is 11.6. The normalized spacial score (nSPS) is 12.3. The molecule has 1 rings (SSSR count). The van der Waals surface area contributed by atoms with Crippen LogP contribution in [0.5, 0.6) is 0 Å². The second-order valence-electron chi connectivity index (χ2n) is 3.38. The van der Waals surface area contributed by atoms with E-state index in [1.54, 1.807) is 6.92 Å². The molecule has 0 aliphatic carbocycles. The van der Waals surface area contributed by atoms with Crippen molar-refractivity contribution in [1.82, 2.24) is 0 Å². The van der Waals surface area contributed by atoms with Crippen LogP contribution in [0.1, 0.15) is 25.3 Å². The molecule has 1 atom stereocenters. The van der Waals surface area contributed by atoms with Gasteiger partial charge in [0.05, 0.1) is 6.61 Å². The van der Waals surface area contributed by atoms with Crippen molar-refractivity contribution in [3.63, 3.8) is 0 Å². The number of esters is 1. The molecule has 0 bridgehead atoms. The predicted octanol–water partition coefficient (Wildman–Crippen LogP) is 2.63. The van der Waals surface area contributed by atoms with Crippen molar-refractivity contribution in [3.8, 4) is 0 Å². The lowest BCUT2D eigenvalue weighted by Gasteiger charge is -2.11. The maximum atomic E-state index is 12.9. The molecule has 0 amide bonds. The Hall–Kier alpha value is -1.45. The second kappa shape index (κ2) is 4.87. The minimum absolute atomic E-state index is 0.149. The molecule has 0 aliphatic rings. The summed E-state index contributed by atoms with van der Waals surface area (Å²) < 4.78 is 30.2. The number of benzene rings is 1. The molecule has 0 N–H and O–H groups in total. The van der Waals surface area contributed by atoms with Crippen LogP contribution in [0.4, 0.5) is 8.78 Å². The molecule has 4 heteroatoms. The Morgan fingerprint density at radius 3 is 2.60 bits per heavy atom. The van der Waals surface area contributed by atoms with E-state index in [0.717, 1.165) is 12.1 Å². The molecule has 1 aromatic rings. The van der Waals surface area contributed by atoms with Crippen molar-refractivity contribution in [2.75, 3.05) is 6.61 Å². The van der Waals surface area contributed by atoms with Gasteiger partial charge in [0.2, 0.25) is 0 Å². The number of ether oxygens (including phenoxy) is 1. The summed E-state index contributed by atoms with van der Waals surface area (Å²) in [4.78, 5) is 10.5. The summed E-state index contributed by atoms with van der Waals surface area (Å²) in [5.41, 5.74) is 0.607. The summed E-state index contributed by atoms with van der Waals surface area (Å²) in [6, 6.07) is 3.66. The topological polar surface area (TPSA) is 26.3 Å². The van der Waals surface area contributed by atoms with Crippen LogP contribution < -0.4 is 0 Å². The smallest absolute Gasteiger partial charge is 0.302 e. The zero-order valence-electron chi connectivity index (χ0n) is 8.59. The third-order valence-electron chi connectivity index (χ3n) is 2.05. The maximum absolute atomic E-state index is 12.9. The molecule has 0 radical (unpaired) electrons. The molecule has 0 spiro atoms. The fourth-order valence-corrected chi connectivity index (χ4v) is 1.16. The largest absolute Gasteiger partial charge is 0.465 e. The molecule has 15 heavy (non-hydrogen) atoms. The van der Waals surface area contributed by atoms with Gasteiger partial charge in [-0.05, 0) is 17.7 Å². The van der Waals surface area contributed by atoms with E-state index in [1.807, 2.05) is 0 Å². The van der Waals surface area contributed by atoms with Crippen LogP contribution in [0.15, 0.2) is 18.2 Å². The molecule has 0 fully saturated rings. The van der Waals surface area contributed by atoms with Gasteiger partial charge in [-0.3, -0.25) is 4.79 Å². The number of rotatable bonds is 3. The standard InChI is InChI=1S/C11H12F2O2/c1-7(6-15-8(2)14)9-3-4-10(12)11(13)5-9/h3-5,7H,6H2,1-2H3. The third kappa shape index (κ3) is 3.31. The SMILES string of the molecule is CC(=O)OCC(C)c1ccc(F)c(F)c1. The van der Waals surface area contributed by atoms with Crippen LogP contribution in [0.25, 0.3) is 0 Å². The van der Waals surface area contributed by atoms with Gasteiger partial charge in [-0.2, -0.15) is 0 Å². The summed E-state index contributed by atoms with van der Waals surface area (Å²) in [5, 5.41) is 0. The highest BCUT2D eigenvalue weighted by molar-refractivity contribution is 5.65. The van der Waals surface area contributed by atoms with E-state index in [4.69, 9.17) is 4.74 Å². The van der Waals surface area contributed by atoms with E-state index >= 15 is 0 Å². The lowest BCUT2D eigenvalue weighted by Crippen LogP contribution is -2.08. The minimum Gasteiger partial charge on any atom is -0.465 e. The van der Waals surface area contributed by atoms with Crippen molar-refractivity contribution in [1.29, 1.82) is 0 Å². The monoisotopic (exact) mass is 214 g/mol. The number of carbonyl (C=O) groups is 1. The Balaban J connectivity index is 2.69. The molecule has 0 aromatic heterocycles. The zero-order valence-corrected chi connectivity index (χ0v) is 8.59. The lowest BCUT2D eigenvalue weighted by molar-refractivity contribution is -0.141. The number of hydrogen-bond acceptors (Lipinski definition) is 2. The van der Waals surface area contributed by atoms with E-state index in [1.165, 1.54) is 13.0 Å². The van der Waals surface area contributed by atoms with Crippen LogP contribution in [-0.2, 0) is 9.53 Å². The first-order valence-electron chi connectivity index (χ1n) is 4.59. The Kier molecular flexibility index (Phi) is 3.77. The quantitative estimate of drug-likeness (QED) is 0.723. The molecule has 2 nitrogen and oxygen atoms in total. The average Bonchev–Trinajstić information content (AvgIpc) is 2.18. The van der Waals surface area contributed by atoms with Gasteiger partial charge < -0.3 is 4.74 Å². The average molecular weight is 214 g/mol. The molecule has 0 aliphatic heterocycles. The van der Waals surface area contributed by atoms with Crippen molar-refractivity contribution in [2.45, 2.75) is 19.8 Å². The highest BCUT2D eigenvalue weighted by Crippen LogP contribution is 2.18. The van der Waals surface area contributed by atoms with Crippen molar-refractivity contribution in [2.24, 2.45) is 0 Å². The Morgan fingerprint density at radius 2 is 2.07 bits per heavy atom. The van der Waals surface area contributed by atoms with Crippen molar-refractivity contribution >= 4 is 5.97 Å². The summed E-state index contributed by atoms with van der Waals surface area (Å²) in [6.07, 6.45) is 0. The molecular formula is C11H12F2O2. The first-order chi connectivity index (χ1) is 7.00. The van der Waals surface area contributed by atoms with Gasteiger partial charge in [-0.15, -0.1) is 0 Å². The molecule has 1 unspecified atom stereocenters. The van der Waals surface area contributed by atoms with Crippen LogP contribution >= 0.6 is 0 Å². The van der Waals surface area contributed by atoms with E-state index in [9.17, 15) is 13.6 Å². The highest BCUT2D eigenvalue weighted by Gasteiger charge is 2.10. The molecule has 82 valence electrons. The Bertz CT molecular complexity index is 364. The van der Waals surface area contributed by atoms with Gasteiger partial charge in [0.1, 0.15) is 0 Å². The molecular weight excluding hydrogens is 202 g/mol. The van der Waals surface area contributed by atoms with Crippen LogP contribution in [-0.4, -0.2) is 12.6 Å². The van der Waals surface area contributed by atoms with Crippen molar-refractivity contribution in [3.05, 3.63) is 35.4 Å². The summed E-state index contributed by atoms with van der Waals surface area (Å²) in [6.45, 7) is 3.24. The fourth-order valence-electron chi connectivity index (χ4n) is 1.16. The van der Waals surface area contributed by atoms with Gasteiger partial charge >= 0.3 is 5.97 Å². The number of hydrogen-bond donors (Lipinski definition) is 0. The predicted molar refractivity (Wildman–Crippen MR) is 51.4 cm³/mol. The second-order valence-corrected chi connectivity index (χ2v) is 3.38.